The Kier molecular flexibility index (Phi) is 3.42. The van der Waals surface area contributed by atoms with Gasteiger partial charge in [0.05, 0.1) is 0 Å². The Morgan fingerprint density at radius 3 is 2.60 bits per heavy atom. The van der Waals surface area contributed by atoms with Crippen LogP contribution in [0.15, 0.2) is 12.3 Å². The van der Waals surface area contributed by atoms with E-state index < -0.39 is 0 Å². The number of rotatable bonds is 2. The number of aromatic nitrogens is 4. The first kappa shape index (κ1) is 13.1. The normalized spacial score (nSPS) is 19.4. The first-order valence-electron chi connectivity index (χ1n) is 7.21. The highest BCUT2D eigenvalue weighted by Gasteiger charge is 2.24. The van der Waals surface area contributed by atoms with Crippen molar-refractivity contribution in [2.45, 2.75) is 39.5 Å². The van der Waals surface area contributed by atoms with E-state index in [0.717, 1.165) is 30.4 Å². The molecule has 1 unspecified atom stereocenters. The lowest BCUT2D eigenvalue weighted by molar-refractivity contribution is 0.494. The minimum absolute atomic E-state index is 0.497. The Balaban J connectivity index is 1.83. The van der Waals surface area contributed by atoms with Crippen molar-refractivity contribution in [2.75, 3.05) is 18.0 Å². The molecule has 1 N–H and O–H groups in total. The van der Waals surface area contributed by atoms with E-state index in [9.17, 15) is 0 Å². The Labute approximate surface area is 119 Å². The largest absolute Gasteiger partial charge is 0.340 e. The highest BCUT2D eigenvalue weighted by atomic mass is 15.3. The Bertz CT molecular complexity index is 567. The average Bonchev–Trinajstić information content (AvgIpc) is 2.98. The van der Waals surface area contributed by atoms with Crippen molar-refractivity contribution in [3.63, 3.8) is 0 Å². The van der Waals surface area contributed by atoms with E-state index in [1.54, 1.807) is 0 Å². The van der Waals surface area contributed by atoms with Gasteiger partial charge in [0.1, 0.15) is 0 Å². The summed E-state index contributed by atoms with van der Waals surface area (Å²) in [6.45, 7) is 8.20. The molecule has 0 aromatic carbocycles. The van der Waals surface area contributed by atoms with Crippen molar-refractivity contribution in [1.82, 2.24) is 20.2 Å². The lowest BCUT2D eigenvalue weighted by Gasteiger charge is -2.32. The maximum atomic E-state index is 4.66. The molecule has 106 valence electrons. The number of hydrogen-bond donors (Lipinski definition) is 1. The number of nitrogens with one attached hydrogen (secondary N) is 1. The lowest BCUT2D eigenvalue weighted by Crippen LogP contribution is -2.36. The van der Waals surface area contributed by atoms with Gasteiger partial charge in [-0.1, -0.05) is 0 Å². The van der Waals surface area contributed by atoms with Crippen LogP contribution in [0.1, 0.15) is 41.4 Å². The number of nitrogens with zero attached hydrogens (tertiary/aromatic N) is 4. The molecule has 5 heteroatoms. The third-order valence-electron chi connectivity index (χ3n) is 4.29. The second kappa shape index (κ2) is 5.23. The van der Waals surface area contributed by atoms with Gasteiger partial charge in [-0.2, -0.15) is 5.10 Å². The van der Waals surface area contributed by atoms with Gasteiger partial charge in [0.15, 0.2) is 0 Å². The van der Waals surface area contributed by atoms with Crippen molar-refractivity contribution < 1.29 is 0 Å². The summed E-state index contributed by atoms with van der Waals surface area (Å²) >= 11 is 0. The molecule has 5 nitrogen and oxygen atoms in total. The van der Waals surface area contributed by atoms with Crippen LogP contribution in [0.2, 0.25) is 0 Å². The molecule has 0 radical (unpaired) electrons. The van der Waals surface area contributed by atoms with E-state index in [1.807, 2.05) is 6.20 Å². The molecule has 3 rings (SSSR count). The summed E-state index contributed by atoms with van der Waals surface area (Å²) < 4.78 is 0. The second-order valence-corrected chi connectivity index (χ2v) is 5.62. The molecule has 1 atom stereocenters. The zero-order valence-corrected chi connectivity index (χ0v) is 12.3. The van der Waals surface area contributed by atoms with Crippen LogP contribution in [0.5, 0.6) is 0 Å². The molecule has 1 aliphatic heterocycles. The van der Waals surface area contributed by atoms with Crippen molar-refractivity contribution >= 4 is 5.95 Å². The minimum Gasteiger partial charge on any atom is -0.340 e. The van der Waals surface area contributed by atoms with Gasteiger partial charge >= 0.3 is 0 Å². The fraction of sp³-hybridized carbons (Fsp3) is 0.533. The van der Waals surface area contributed by atoms with E-state index >= 15 is 0 Å². The molecule has 0 saturated carbocycles. The van der Waals surface area contributed by atoms with E-state index in [-0.39, 0.29) is 0 Å². The van der Waals surface area contributed by atoms with E-state index in [1.165, 1.54) is 24.1 Å². The molecular weight excluding hydrogens is 250 g/mol. The molecule has 3 heterocycles. The van der Waals surface area contributed by atoms with Crippen LogP contribution >= 0.6 is 0 Å². The van der Waals surface area contributed by atoms with Gasteiger partial charge in [-0.25, -0.2) is 9.97 Å². The molecule has 0 spiro atoms. The number of H-pyrrole nitrogens is 1. The fourth-order valence-corrected chi connectivity index (χ4v) is 2.80. The number of aromatic amines is 1. The van der Waals surface area contributed by atoms with Gasteiger partial charge in [-0.15, -0.1) is 0 Å². The second-order valence-electron chi connectivity index (χ2n) is 5.62. The van der Waals surface area contributed by atoms with E-state index in [0.29, 0.717) is 5.92 Å². The zero-order chi connectivity index (χ0) is 14.1. The van der Waals surface area contributed by atoms with Crippen molar-refractivity contribution in [3.05, 3.63) is 34.9 Å². The predicted molar refractivity (Wildman–Crippen MR) is 79.0 cm³/mol. The van der Waals surface area contributed by atoms with Crippen molar-refractivity contribution in [2.24, 2.45) is 0 Å². The molecule has 2 aromatic rings. The van der Waals surface area contributed by atoms with Gasteiger partial charge < -0.3 is 4.90 Å². The summed E-state index contributed by atoms with van der Waals surface area (Å²) in [7, 11) is 0. The molecule has 20 heavy (non-hydrogen) atoms. The number of hydrogen-bond acceptors (Lipinski definition) is 4. The third kappa shape index (κ3) is 2.40. The topological polar surface area (TPSA) is 57.7 Å². The summed E-state index contributed by atoms with van der Waals surface area (Å²) in [5.74, 6) is 1.37. The van der Waals surface area contributed by atoms with Crippen LogP contribution in [0.3, 0.4) is 0 Å². The van der Waals surface area contributed by atoms with Gasteiger partial charge in [0, 0.05) is 42.3 Å². The fourth-order valence-electron chi connectivity index (χ4n) is 2.80. The standard InChI is InChI=1S/C15H21N5/c1-10-11(2)17-15(18-12(10)3)20-8-4-5-13(9-20)14-6-7-16-19-14/h6-7,13H,4-5,8-9H2,1-3H3,(H,16,19). The molecule has 1 aliphatic rings. The predicted octanol–water partition coefficient (Wildman–Crippen LogP) is 2.51. The van der Waals surface area contributed by atoms with Gasteiger partial charge in [-0.3, -0.25) is 5.10 Å². The molecular formula is C15H21N5. The zero-order valence-electron chi connectivity index (χ0n) is 12.3. The maximum Gasteiger partial charge on any atom is 0.225 e. The number of piperidine rings is 1. The van der Waals surface area contributed by atoms with Gasteiger partial charge in [0.2, 0.25) is 5.95 Å². The van der Waals surface area contributed by atoms with Gasteiger partial charge in [0.25, 0.3) is 0 Å². The summed E-state index contributed by atoms with van der Waals surface area (Å²) in [4.78, 5) is 11.6. The highest BCUT2D eigenvalue weighted by molar-refractivity contribution is 5.37. The van der Waals surface area contributed by atoms with Crippen LogP contribution in [-0.2, 0) is 0 Å². The Morgan fingerprint density at radius 2 is 1.95 bits per heavy atom. The molecule has 2 aromatic heterocycles. The molecule has 0 bridgehead atoms. The number of aryl methyl sites for hydroxylation is 2. The quantitative estimate of drug-likeness (QED) is 0.911. The van der Waals surface area contributed by atoms with Crippen LogP contribution in [0, 0.1) is 20.8 Å². The summed E-state index contributed by atoms with van der Waals surface area (Å²) in [6.07, 6.45) is 4.19. The summed E-state index contributed by atoms with van der Waals surface area (Å²) in [5.41, 5.74) is 4.57. The summed E-state index contributed by atoms with van der Waals surface area (Å²) in [5, 5.41) is 7.15. The average molecular weight is 271 g/mol. The smallest absolute Gasteiger partial charge is 0.225 e. The molecule has 0 aliphatic carbocycles. The van der Waals surface area contributed by atoms with Crippen molar-refractivity contribution in [1.29, 1.82) is 0 Å². The van der Waals surface area contributed by atoms with Crippen LogP contribution in [-0.4, -0.2) is 33.3 Å². The lowest BCUT2D eigenvalue weighted by atomic mass is 9.95. The SMILES string of the molecule is Cc1nc(N2CCCC(c3ccn[nH]3)C2)nc(C)c1C. The number of anilines is 1. The molecule has 0 amide bonds. The maximum absolute atomic E-state index is 4.66. The monoisotopic (exact) mass is 271 g/mol. The van der Waals surface area contributed by atoms with Gasteiger partial charge in [-0.05, 0) is 45.2 Å². The van der Waals surface area contributed by atoms with Crippen molar-refractivity contribution in [3.8, 4) is 0 Å². The third-order valence-corrected chi connectivity index (χ3v) is 4.29. The molecule has 1 saturated heterocycles. The molecule has 1 fully saturated rings. The first-order valence-corrected chi connectivity index (χ1v) is 7.21. The Morgan fingerprint density at radius 1 is 1.20 bits per heavy atom. The first-order chi connectivity index (χ1) is 9.65. The van der Waals surface area contributed by atoms with E-state index in [4.69, 9.17) is 0 Å². The van der Waals surface area contributed by atoms with Crippen LogP contribution in [0.25, 0.3) is 0 Å². The Hall–Kier alpha value is -1.91. The van der Waals surface area contributed by atoms with E-state index in [2.05, 4.69) is 51.9 Å². The minimum atomic E-state index is 0.497. The van der Waals surface area contributed by atoms with Crippen LogP contribution < -0.4 is 4.90 Å². The highest BCUT2D eigenvalue weighted by Crippen LogP contribution is 2.27. The summed E-state index contributed by atoms with van der Waals surface area (Å²) in [6, 6.07) is 2.07. The van der Waals surface area contributed by atoms with Crippen LogP contribution in [0.4, 0.5) is 5.95 Å².